The van der Waals surface area contributed by atoms with E-state index in [9.17, 15) is 9.18 Å². The van der Waals surface area contributed by atoms with Crippen LogP contribution < -0.4 is 5.32 Å². The Morgan fingerprint density at radius 3 is 2.92 bits per heavy atom. The Morgan fingerprint density at radius 1 is 1.31 bits per heavy atom. The highest BCUT2D eigenvalue weighted by Gasteiger charge is 2.17. The van der Waals surface area contributed by atoms with Crippen LogP contribution in [0.4, 0.5) is 10.1 Å². The van der Waals surface area contributed by atoms with Crippen molar-refractivity contribution in [2.75, 3.05) is 5.32 Å². The van der Waals surface area contributed by atoms with Crippen molar-refractivity contribution in [2.24, 2.45) is 0 Å². The summed E-state index contributed by atoms with van der Waals surface area (Å²) in [5.74, 6) is -0.522. The molecule has 0 aliphatic rings. The van der Waals surface area contributed by atoms with Crippen molar-refractivity contribution in [2.45, 2.75) is 6.92 Å². The van der Waals surface area contributed by atoms with Crippen molar-refractivity contribution in [1.29, 1.82) is 0 Å². The molecule has 0 unspecified atom stereocenters. The molecule has 0 saturated heterocycles. The van der Waals surface area contributed by atoms with E-state index in [-0.39, 0.29) is 17.3 Å². The van der Waals surface area contributed by atoms with Gasteiger partial charge in [-0.3, -0.25) is 4.79 Å². The third-order valence-electron chi connectivity index (χ3n) is 3.95. The van der Waals surface area contributed by atoms with Gasteiger partial charge in [-0.2, -0.15) is 5.10 Å². The molecule has 0 aliphatic carbocycles. The number of hydrogen-bond donors (Lipinski definition) is 2. The van der Waals surface area contributed by atoms with Crippen LogP contribution in [-0.4, -0.2) is 30.7 Å². The molecule has 7 nitrogen and oxygen atoms in total. The fraction of sp³-hybridized carbons (Fsp3) is 0.0588. The summed E-state index contributed by atoms with van der Waals surface area (Å²) in [5, 5.41) is 14.6. The zero-order valence-electron chi connectivity index (χ0n) is 13.5. The molecule has 0 saturated carbocycles. The summed E-state index contributed by atoms with van der Waals surface area (Å²) in [6, 6.07) is 8.33. The van der Waals surface area contributed by atoms with E-state index in [1.54, 1.807) is 23.7 Å². The van der Waals surface area contributed by atoms with Gasteiger partial charge in [-0.25, -0.2) is 8.91 Å². The van der Waals surface area contributed by atoms with Gasteiger partial charge in [0.05, 0.1) is 22.8 Å². The van der Waals surface area contributed by atoms with Crippen LogP contribution >= 0.6 is 15.9 Å². The van der Waals surface area contributed by atoms with Crippen molar-refractivity contribution < 1.29 is 9.18 Å². The van der Waals surface area contributed by atoms with Crippen LogP contribution in [-0.2, 0) is 0 Å². The molecule has 1 aromatic carbocycles. The van der Waals surface area contributed by atoms with Crippen molar-refractivity contribution in [1.82, 2.24) is 24.8 Å². The summed E-state index contributed by atoms with van der Waals surface area (Å²) in [6.07, 6.45) is 3.26. The molecule has 0 bridgehead atoms. The van der Waals surface area contributed by atoms with Gasteiger partial charge in [0.1, 0.15) is 5.82 Å². The summed E-state index contributed by atoms with van der Waals surface area (Å²) < 4.78 is 16.3. The van der Waals surface area contributed by atoms with Crippen molar-refractivity contribution >= 4 is 33.0 Å². The smallest absolute Gasteiger partial charge is 0.259 e. The van der Waals surface area contributed by atoms with Gasteiger partial charge in [0, 0.05) is 11.9 Å². The van der Waals surface area contributed by atoms with Crippen molar-refractivity contribution in [3.05, 3.63) is 64.4 Å². The van der Waals surface area contributed by atoms with Crippen LogP contribution in [0.2, 0.25) is 0 Å². The highest BCUT2D eigenvalue weighted by atomic mass is 79.9. The Hall–Kier alpha value is -3.07. The fourth-order valence-corrected chi connectivity index (χ4v) is 2.92. The lowest BCUT2D eigenvalue weighted by atomic mass is 10.1. The van der Waals surface area contributed by atoms with Gasteiger partial charge < -0.3 is 10.3 Å². The molecule has 130 valence electrons. The van der Waals surface area contributed by atoms with E-state index in [2.05, 4.69) is 41.5 Å². The first kappa shape index (κ1) is 16.4. The molecule has 26 heavy (non-hydrogen) atoms. The Morgan fingerprint density at radius 2 is 2.15 bits per heavy atom. The lowest BCUT2D eigenvalue weighted by molar-refractivity contribution is 0.102. The second-order valence-electron chi connectivity index (χ2n) is 5.65. The monoisotopic (exact) mass is 414 g/mol. The van der Waals surface area contributed by atoms with Crippen LogP contribution in [0.1, 0.15) is 15.9 Å². The van der Waals surface area contributed by atoms with Gasteiger partial charge in [0.25, 0.3) is 5.91 Å². The number of amides is 1. The fourth-order valence-electron chi connectivity index (χ4n) is 2.65. The number of aromatic nitrogens is 5. The zero-order chi connectivity index (χ0) is 18.3. The molecular weight excluding hydrogens is 403 g/mol. The van der Waals surface area contributed by atoms with E-state index >= 15 is 0 Å². The Kier molecular flexibility index (Phi) is 4.00. The van der Waals surface area contributed by atoms with Crippen LogP contribution in [0.5, 0.6) is 0 Å². The quantitative estimate of drug-likeness (QED) is 0.536. The average molecular weight is 415 g/mol. The van der Waals surface area contributed by atoms with Gasteiger partial charge in [-0.05, 0) is 52.7 Å². The first-order chi connectivity index (χ1) is 12.5. The van der Waals surface area contributed by atoms with Crippen LogP contribution in [0, 0.1) is 12.7 Å². The van der Waals surface area contributed by atoms with Gasteiger partial charge in [0.2, 0.25) is 0 Å². The van der Waals surface area contributed by atoms with Crippen LogP contribution in [0.3, 0.4) is 0 Å². The molecular formula is C17H12BrFN6O. The largest absolute Gasteiger partial charge is 0.322 e. The van der Waals surface area contributed by atoms with Crippen LogP contribution in [0.25, 0.3) is 16.9 Å². The first-order valence-corrected chi connectivity index (χ1v) is 8.44. The van der Waals surface area contributed by atoms with Crippen molar-refractivity contribution in [3.63, 3.8) is 0 Å². The Labute approximate surface area is 155 Å². The number of hydrogen-bond acceptors (Lipinski definition) is 4. The molecule has 3 heterocycles. The molecule has 0 spiro atoms. The molecule has 9 heteroatoms. The number of nitrogens with zero attached hydrogens (tertiary/aromatic N) is 4. The maximum absolute atomic E-state index is 14.3. The predicted octanol–water partition coefficient (Wildman–Crippen LogP) is 3.58. The zero-order valence-corrected chi connectivity index (χ0v) is 15.1. The average Bonchev–Trinajstić information content (AvgIpc) is 3.23. The minimum atomic E-state index is -0.458. The number of pyridine rings is 1. The lowest BCUT2D eigenvalue weighted by Gasteiger charge is -2.10. The molecule has 0 aliphatic heterocycles. The molecule has 0 radical (unpaired) electrons. The number of nitrogens with one attached hydrogen (secondary N) is 2. The SMILES string of the molecule is Cc1cc(F)c(-c2nnc(Br)[nH]2)cc1NC(=O)c1cnn2ccccc12. The standard InChI is InChI=1S/C17H12BrFN6O/c1-9-6-12(19)10(15-22-17(18)24-23-15)7-13(9)21-16(26)11-8-20-25-5-3-2-4-14(11)25/h2-8H,1H3,(H,21,26)(H,22,23,24). The first-order valence-electron chi connectivity index (χ1n) is 7.65. The van der Waals surface area contributed by atoms with Crippen molar-refractivity contribution in [3.8, 4) is 11.4 Å². The second kappa shape index (κ2) is 6.34. The van der Waals surface area contributed by atoms with E-state index in [1.165, 1.54) is 18.3 Å². The number of aromatic amines is 1. The highest BCUT2D eigenvalue weighted by molar-refractivity contribution is 9.10. The van der Waals surface area contributed by atoms with Gasteiger partial charge >= 0.3 is 0 Å². The molecule has 0 fully saturated rings. The van der Waals surface area contributed by atoms with Gasteiger partial charge in [0.15, 0.2) is 10.6 Å². The predicted molar refractivity (Wildman–Crippen MR) is 97.4 cm³/mol. The normalized spacial score (nSPS) is 11.0. The Bertz CT molecular complexity index is 1140. The van der Waals surface area contributed by atoms with E-state index in [1.807, 2.05) is 12.1 Å². The summed E-state index contributed by atoms with van der Waals surface area (Å²) in [5.41, 5.74) is 2.40. The number of halogens is 2. The number of aryl methyl sites for hydroxylation is 1. The maximum atomic E-state index is 14.3. The Balaban J connectivity index is 1.70. The minimum absolute atomic E-state index is 0.212. The van der Waals surface area contributed by atoms with E-state index in [0.29, 0.717) is 27.1 Å². The van der Waals surface area contributed by atoms with Gasteiger partial charge in [-0.1, -0.05) is 6.07 Å². The van der Waals surface area contributed by atoms with E-state index < -0.39 is 5.82 Å². The van der Waals surface area contributed by atoms with Crippen LogP contribution in [0.15, 0.2) is 47.5 Å². The number of H-pyrrole nitrogens is 1. The summed E-state index contributed by atoms with van der Waals surface area (Å²) >= 11 is 3.15. The topological polar surface area (TPSA) is 88.0 Å². The maximum Gasteiger partial charge on any atom is 0.259 e. The third kappa shape index (κ3) is 2.86. The number of benzene rings is 1. The van der Waals surface area contributed by atoms with E-state index in [0.717, 1.165) is 0 Å². The summed E-state index contributed by atoms with van der Waals surface area (Å²) in [6.45, 7) is 1.72. The molecule has 4 aromatic rings. The molecule has 4 rings (SSSR count). The highest BCUT2D eigenvalue weighted by Crippen LogP contribution is 2.27. The summed E-state index contributed by atoms with van der Waals surface area (Å²) in [4.78, 5) is 15.5. The lowest BCUT2D eigenvalue weighted by Crippen LogP contribution is -2.13. The molecule has 0 atom stereocenters. The number of carbonyl (C=O) groups is 1. The number of anilines is 1. The van der Waals surface area contributed by atoms with Gasteiger partial charge in [-0.15, -0.1) is 10.2 Å². The number of carbonyl (C=O) groups excluding carboxylic acids is 1. The molecule has 2 N–H and O–H groups in total. The number of rotatable bonds is 3. The third-order valence-corrected chi connectivity index (χ3v) is 4.30. The van der Waals surface area contributed by atoms with E-state index in [4.69, 9.17) is 0 Å². The minimum Gasteiger partial charge on any atom is -0.322 e. The molecule has 3 aromatic heterocycles. The molecule has 1 amide bonds. The summed E-state index contributed by atoms with van der Waals surface area (Å²) in [7, 11) is 0. The second-order valence-corrected chi connectivity index (χ2v) is 6.41. The number of fused-ring (bicyclic) bond motifs is 1.